The molecule has 1 aliphatic carbocycles. The Labute approximate surface area is 163 Å². The van der Waals surface area contributed by atoms with Crippen molar-refractivity contribution >= 4 is 17.8 Å². The van der Waals surface area contributed by atoms with E-state index in [2.05, 4.69) is 4.98 Å². The summed E-state index contributed by atoms with van der Waals surface area (Å²) in [5, 5.41) is 0. The third-order valence-electron chi connectivity index (χ3n) is 5.74. The standard InChI is InChI=1S/C21H23N3O4/c1-14-11-17(15(2)24(14)16-7-6-10-22-12-16)18(25)13-23-19(26)21(28-20(23)27)8-4-3-5-9-21/h6-7,10-12H,3-5,8-9,13H2,1-2H3. The van der Waals surface area contributed by atoms with E-state index in [0.717, 1.165) is 41.2 Å². The van der Waals surface area contributed by atoms with E-state index >= 15 is 0 Å². The Hall–Kier alpha value is -2.96. The van der Waals surface area contributed by atoms with Crippen LogP contribution < -0.4 is 0 Å². The highest BCUT2D eigenvalue weighted by molar-refractivity contribution is 6.08. The van der Waals surface area contributed by atoms with Crippen LogP contribution in [0.1, 0.15) is 53.8 Å². The van der Waals surface area contributed by atoms with Crippen LogP contribution in [-0.2, 0) is 9.53 Å². The summed E-state index contributed by atoms with van der Waals surface area (Å²) >= 11 is 0. The fourth-order valence-corrected chi connectivity index (χ4v) is 4.33. The van der Waals surface area contributed by atoms with Gasteiger partial charge in [0.2, 0.25) is 0 Å². The second-order valence-corrected chi connectivity index (χ2v) is 7.57. The molecule has 2 aromatic heterocycles. The molecule has 1 aliphatic heterocycles. The molecule has 0 unspecified atom stereocenters. The minimum Gasteiger partial charge on any atom is -0.432 e. The number of aryl methyl sites for hydroxylation is 1. The summed E-state index contributed by atoms with van der Waals surface area (Å²) in [5.74, 6) is -0.645. The maximum absolute atomic E-state index is 13.0. The number of amides is 2. The maximum atomic E-state index is 13.0. The van der Waals surface area contributed by atoms with Crippen molar-refractivity contribution in [3.05, 3.63) is 47.5 Å². The largest absolute Gasteiger partial charge is 0.432 e. The minimum absolute atomic E-state index is 0.276. The van der Waals surface area contributed by atoms with Crippen LogP contribution in [0.5, 0.6) is 0 Å². The number of Topliss-reactive ketones (excluding diaryl/α,β-unsaturated/α-hetero) is 1. The SMILES string of the molecule is Cc1cc(C(=O)CN2C(=O)OC3(CCCCC3)C2=O)c(C)n1-c1cccnc1. The fourth-order valence-electron chi connectivity index (χ4n) is 4.33. The third-order valence-corrected chi connectivity index (χ3v) is 5.74. The summed E-state index contributed by atoms with van der Waals surface area (Å²) in [7, 11) is 0. The van der Waals surface area contributed by atoms with E-state index in [-0.39, 0.29) is 18.2 Å². The van der Waals surface area contributed by atoms with E-state index < -0.39 is 11.7 Å². The van der Waals surface area contributed by atoms with Crippen LogP contribution in [0, 0.1) is 13.8 Å². The number of imide groups is 1. The van der Waals surface area contributed by atoms with Gasteiger partial charge >= 0.3 is 6.09 Å². The maximum Gasteiger partial charge on any atom is 0.418 e. The molecule has 2 aromatic rings. The van der Waals surface area contributed by atoms with Crippen molar-refractivity contribution in [1.29, 1.82) is 0 Å². The van der Waals surface area contributed by atoms with E-state index in [9.17, 15) is 14.4 Å². The zero-order chi connectivity index (χ0) is 19.9. The average Bonchev–Trinajstić information content (AvgIpc) is 3.11. The van der Waals surface area contributed by atoms with Gasteiger partial charge in [0.1, 0.15) is 0 Å². The van der Waals surface area contributed by atoms with Crippen LogP contribution in [-0.4, -0.2) is 44.4 Å². The number of hydrogen-bond donors (Lipinski definition) is 0. The molecular weight excluding hydrogens is 358 g/mol. The second kappa shape index (κ2) is 6.89. The number of hydrogen-bond acceptors (Lipinski definition) is 5. The van der Waals surface area contributed by atoms with Crippen molar-refractivity contribution in [2.75, 3.05) is 6.54 Å². The third kappa shape index (κ3) is 2.91. The molecular formula is C21H23N3O4. The smallest absolute Gasteiger partial charge is 0.418 e. The molecule has 2 aliphatic rings. The lowest BCUT2D eigenvalue weighted by Crippen LogP contribution is -2.44. The lowest BCUT2D eigenvalue weighted by Gasteiger charge is -2.28. The quantitative estimate of drug-likeness (QED) is 0.759. The van der Waals surface area contributed by atoms with Crippen molar-refractivity contribution < 1.29 is 19.1 Å². The number of pyridine rings is 1. The highest BCUT2D eigenvalue weighted by Crippen LogP contribution is 2.38. The van der Waals surface area contributed by atoms with Gasteiger partial charge in [0.25, 0.3) is 5.91 Å². The van der Waals surface area contributed by atoms with Crippen molar-refractivity contribution in [2.45, 2.75) is 51.6 Å². The monoisotopic (exact) mass is 381 g/mol. The summed E-state index contributed by atoms with van der Waals surface area (Å²) in [4.78, 5) is 43.2. The van der Waals surface area contributed by atoms with Crippen LogP contribution in [0.2, 0.25) is 0 Å². The van der Waals surface area contributed by atoms with Gasteiger partial charge in [-0.2, -0.15) is 0 Å². The van der Waals surface area contributed by atoms with Crippen molar-refractivity contribution in [3.63, 3.8) is 0 Å². The van der Waals surface area contributed by atoms with Crippen LogP contribution in [0.4, 0.5) is 4.79 Å². The molecule has 146 valence electrons. The van der Waals surface area contributed by atoms with Gasteiger partial charge < -0.3 is 9.30 Å². The molecule has 7 heteroatoms. The number of ether oxygens (including phenoxy) is 1. The van der Waals surface area contributed by atoms with Crippen LogP contribution in [0.3, 0.4) is 0 Å². The summed E-state index contributed by atoms with van der Waals surface area (Å²) in [6.07, 6.45) is 6.53. The van der Waals surface area contributed by atoms with Crippen molar-refractivity contribution in [3.8, 4) is 5.69 Å². The van der Waals surface area contributed by atoms with E-state index in [4.69, 9.17) is 4.74 Å². The molecule has 4 rings (SSSR count). The number of ketones is 1. The topological polar surface area (TPSA) is 81.5 Å². The lowest BCUT2D eigenvalue weighted by molar-refractivity contribution is -0.139. The first-order chi connectivity index (χ1) is 13.4. The molecule has 2 amide bonds. The number of carbonyl (C=O) groups excluding carboxylic acids is 3. The summed E-state index contributed by atoms with van der Waals surface area (Å²) in [6, 6.07) is 5.53. The van der Waals surface area contributed by atoms with Gasteiger partial charge in [0.05, 0.1) is 18.4 Å². The summed E-state index contributed by atoms with van der Waals surface area (Å²) < 4.78 is 7.39. The highest BCUT2D eigenvalue weighted by atomic mass is 16.6. The Kier molecular flexibility index (Phi) is 4.53. The van der Waals surface area contributed by atoms with E-state index in [1.807, 2.05) is 30.5 Å². The normalized spacial score (nSPS) is 18.6. The Morgan fingerprint density at radius 1 is 1.21 bits per heavy atom. The van der Waals surface area contributed by atoms with Gasteiger partial charge in [-0.1, -0.05) is 6.42 Å². The van der Waals surface area contributed by atoms with Crippen molar-refractivity contribution in [2.24, 2.45) is 0 Å². The number of carbonyl (C=O) groups is 3. The summed E-state index contributed by atoms with van der Waals surface area (Å²) in [5.41, 5.74) is 1.93. The predicted octanol–water partition coefficient (Wildman–Crippen LogP) is 3.35. The molecule has 28 heavy (non-hydrogen) atoms. The second-order valence-electron chi connectivity index (χ2n) is 7.57. The van der Waals surface area contributed by atoms with Gasteiger partial charge in [-0.05, 0) is 57.7 Å². The van der Waals surface area contributed by atoms with Crippen LogP contribution in [0.25, 0.3) is 5.69 Å². The zero-order valence-electron chi connectivity index (χ0n) is 16.1. The van der Waals surface area contributed by atoms with Gasteiger partial charge in [0.15, 0.2) is 11.4 Å². The Morgan fingerprint density at radius 3 is 2.64 bits per heavy atom. The highest BCUT2D eigenvalue weighted by Gasteiger charge is 2.54. The number of aromatic nitrogens is 2. The molecule has 1 spiro atoms. The molecule has 1 saturated heterocycles. The molecule has 0 atom stereocenters. The minimum atomic E-state index is -1.05. The average molecular weight is 381 g/mol. The van der Waals surface area contributed by atoms with Crippen LogP contribution in [0.15, 0.2) is 30.6 Å². The molecule has 0 radical (unpaired) electrons. The molecule has 0 bridgehead atoms. The first-order valence-corrected chi connectivity index (χ1v) is 9.60. The van der Waals surface area contributed by atoms with Crippen LogP contribution >= 0.6 is 0 Å². The Bertz CT molecular complexity index is 942. The fraction of sp³-hybridized carbons (Fsp3) is 0.429. The van der Waals surface area contributed by atoms with E-state index in [1.54, 1.807) is 18.5 Å². The summed E-state index contributed by atoms with van der Waals surface area (Å²) in [6.45, 7) is 3.46. The first-order valence-electron chi connectivity index (χ1n) is 9.60. The van der Waals surface area contributed by atoms with E-state index in [1.165, 1.54) is 0 Å². The zero-order valence-corrected chi connectivity index (χ0v) is 16.1. The Balaban J connectivity index is 1.58. The first kappa shape index (κ1) is 18.4. The molecule has 7 nitrogen and oxygen atoms in total. The van der Waals surface area contributed by atoms with E-state index in [0.29, 0.717) is 18.4 Å². The van der Waals surface area contributed by atoms with Gasteiger partial charge in [-0.15, -0.1) is 0 Å². The number of rotatable bonds is 4. The molecule has 2 fully saturated rings. The molecule has 0 aromatic carbocycles. The molecule has 3 heterocycles. The van der Waals surface area contributed by atoms with Gasteiger partial charge in [0, 0.05) is 23.1 Å². The molecule has 0 N–H and O–H groups in total. The van der Waals surface area contributed by atoms with Gasteiger partial charge in [-0.3, -0.25) is 14.6 Å². The Morgan fingerprint density at radius 2 is 1.96 bits per heavy atom. The van der Waals surface area contributed by atoms with Crippen molar-refractivity contribution in [1.82, 2.24) is 14.5 Å². The predicted molar refractivity (Wildman–Crippen MR) is 101 cm³/mol. The molecule has 1 saturated carbocycles. The lowest BCUT2D eigenvalue weighted by atomic mass is 9.84. The van der Waals surface area contributed by atoms with Gasteiger partial charge in [-0.25, -0.2) is 9.69 Å². The number of nitrogens with zero attached hydrogens (tertiary/aromatic N) is 3.